The maximum atomic E-state index is 14.3. The molecule has 1 aliphatic rings. The van der Waals surface area contributed by atoms with Gasteiger partial charge in [-0.1, -0.05) is 31.4 Å². The molecule has 0 saturated heterocycles. The molecule has 1 N–H and O–H groups in total. The molecule has 2 aromatic carbocycles. The number of hydrogen-bond donors (Lipinski definition) is 1. The molecule has 0 atom stereocenters. The number of carbonyl (C=O) groups excluding carboxylic acids is 2. The van der Waals surface area contributed by atoms with Crippen LogP contribution in [-0.2, 0) is 17.9 Å². The van der Waals surface area contributed by atoms with E-state index in [-0.39, 0.29) is 36.5 Å². The molecule has 4 rings (SSSR count). The number of urea groups is 1. The molecule has 0 radical (unpaired) electrons. The summed E-state index contributed by atoms with van der Waals surface area (Å²) in [5, 5.41) is 4.49. The summed E-state index contributed by atoms with van der Waals surface area (Å²) in [4.78, 5) is 31.2. The molecule has 5 nitrogen and oxygen atoms in total. The summed E-state index contributed by atoms with van der Waals surface area (Å²) in [6.45, 7) is 2.39. The Labute approximate surface area is 218 Å². The van der Waals surface area contributed by atoms with Gasteiger partial charge in [-0.05, 0) is 66.6 Å². The van der Waals surface area contributed by atoms with E-state index in [2.05, 4.69) is 5.32 Å². The van der Waals surface area contributed by atoms with Crippen LogP contribution in [0.5, 0.6) is 0 Å². The lowest BCUT2D eigenvalue weighted by atomic mass is 9.94. The molecular weight excluding hydrogens is 499 g/mol. The zero-order valence-electron chi connectivity index (χ0n) is 20.7. The van der Waals surface area contributed by atoms with Crippen LogP contribution in [0.2, 0.25) is 0 Å². The van der Waals surface area contributed by atoms with E-state index in [9.17, 15) is 22.8 Å². The normalized spacial score (nSPS) is 13.8. The number of benzene rings is 2. The smallest absolute Gasteiger partial charge is 0.322 e. The van der Waals surface area contributed by atoms with Gasteiger partial charge in [0.1, 0.15) is 24.0 Å². The van der Waals surface area contributed by atoms with Crippen molar-refractivity contribution in [1.82, 2.24) is 9.80 Å². The van der Waals surface area contributed by atoms with Crippen LogP contribution in [-0.4, -0.2) is 34.3 Å². The molecule has 0 unspecified atom stereocenters. The van der Waals surface area contributed by atoms with Crippen molar-refractivity contribution in [2.75, 3.05) is 11.9 Å². The second-order valence-corrected chi connectivity index (χ2v) is 10.4. The Balaban J connectivity index is 1.56. The Hall–Kier alpha value is -3.33. The summed E-state index contributed by atoms with van der Waals surface area (Å²) >= 11 is 1.55. The average Bonchev–Trinajstić information content (AvgIpc) is 3.29. The largest absolute Gasteiger partial charge is 0.332 e. The highest BCUT2D eigenvalue weighted by Gasteiger charge is 2.30. The Morgan fingerprint density at radius 1 is 0.946 bits per heavy atom. The Kier molecular flexibility index (Phi) is 8.87. The van der Waals surface area contributed by atoms with E-state index in [4.69, 9.17) is 0 Å². The minimum Gasteiger partial charge on any atom is -0.332 e. The monoisotopic (exact) mass is 529 g/mol. The van der Waals surface area contributed by atoms with Crippen molar-refractivity contribution < 1.29 is 22.8 Å². The van der Waals surface area contributed by atoms with Crippen LogP contribution in [0.25, 0.3) is 0 Å². The molecule has 1 fully saturated rings. The number of rotatable bonds is 8. The lowest BCUT2D eigenvalue weighted by Crippen LogP contribution is -2.49. The van der Waals surface area contributed by atoms with E-state index in [1.807, 2.05) is 18.4 Å². The molecule has 0 bridgehead atoms. The van der Waals surface area contributed by atoms with Gasteiger partial charge in [0.15, 0.2) is 0 Å². The third-order valence-electron chi connectivity index (χ3n) is 6.70. The molecule has 1 saturated carbocycles. The van der Waals surface area contributed by atoms with Crippen molar-refractivity contribution in [1.29, 1.82) is 0 Å². The quantitative estimate of drug-likeness (QED) is 0.346. The first-order chi connectivity index (χ1) is 17.8. The predicted octanol–water partition coefficient (Wildman–Crippen LogP) is 6.87. The fraction of sp³-hybridized carbons (Fsp3) is 0.357. The lowest BCUT2D eigenvalue weighted by molar-refractivity contribution is -0.133. The lowest BCUT2D eigenvalue weighted by Gasteiger charge is -2.35. The zero-order valence-corrected chi connectivity index (χ0v) is 21.5. The molecule has 1 aromatic heterocycles. The summed E-state index contributed by atoms with van der Waals surface area (Å²) in [6.07, 6.45) is 4.41. The van der Waals surface area contributed by atoms with Gasteiger partial charge in [0, 0.05) is 23.5 Å². The molecule has 37 heavy (non-hydrogen) atoms. The molecule has 196 valence electrons. The SMILES string of the molecule is Cc1ccsc1CN(Cc1ccc(F)cc1)C(=O)CN(C(=O)Nc1ccc(F)cc1F)C1CCCCC1. The zero-order chi connectivity index (χ0) is 26.4. The van der Waals surface area contributed by atoms with Gasteiger partial charge in [-0.15, -0.1) is 11.3 Å². The number of aryl methyl sites for hydroxylation is 1. The average molecular weight is 530 g/mol. The Bertz CT molecular complexity index is 1230. The Morgan fingerprint density at radius 2 is 1.65 bits per heavy atom. The second-order valence-electron chi connectivity index (χ2n) is 9.38. The summed E-state index contributed by atoms with van der Waals surface area (Å²) in [5.41, 5.74) is 1.69. The minimum absolute atomic E-state index is 0.142. The van der Waals surface area contributed by atoms with Gasteiger partial charge in [-0.3, -0.25) is 4.79 Å². The predicted molar refractivity (Wildman–Crippen MR) is 139 cm³/mol. The molecule has 3 amide bonds. The number of hydrogen-bond acceptors (Lipinski definition) is 3. The van der Waals surface area contributed by atoms with Gasteiger partial charge >= 0.3 is 6.03 Å². The van der Waals surface area contributed by atoms with Crippen molar-refractivity contribution in [3.05, 3.63) is 87.4 Å². The van der Waals surface area contributed by atoms with Gasteiger partial charge in [0.05, 0.1) is 12.2 Å². The van der Waals surface area contributed by atoms with Crippen molar-refractivity contribution >= 4 is 29.0 Å². The van der Waals surface area contributed by atoms with Gasteiger partial charge in [0.2, 0.25) is 5.91 Å². The van der Waals surface area contributed by atoms with Gasteiger partial charge in [0.25, 0.3) is 0 Å². The maximum Gasteiger partial charge on any atom is 0.322 e. The number of nitrogens with zero attached hydrogens (tertiary/aromatic N) is 2. The van der Waals surface area contributed by atoms with Gasteiger partial charge in [-0.25, -0.2) is 18.0 Å². The molecule has 1 heterocycles. The molecule has 9 heteroatoms. The van der Waals surface area contributed by atoms with Crippen LogP contribution >= 0.6 is 11.3 Å². The number of thiophene rings is 1. The first kappa shape index (κ1) is 26.7. The summed E-state index contributed by atoms with van der Waals surface area (Å²) < 4.78 is 41.1. The third kappa shape index (κ3) is 7.13. The van der Waals surface area contributed by atoms with Crippen LogP contribution < -0.4 is 5.32 Å². The standard InChI is InChI=1S/C28H30F3N3O2S/c1-19-13-14-37-26(19)17-33(16-20-7-9-21(29)10-8-20)27(35)18-34(23-5-3-2-4-6-23)28(36)32-25-12-11-22(30)15-24(25)31/h7-15,23H,2-6,16-18H2,1H3,(H,32,36). The van der Waals surface area contributed by atoms with Gasteiger partial charge in [-0.2, -0.15) is 0 Å². The third-order valence-corrected chi connectivity index (χ3v) is 7.70. The number of nitrogens with one attached hydrogen (secondary N) is 1. The summed E-state index contributed by atoms with van der Waals surface area (Å²) in [5.74, 6) is -2.24. The molecule has 1 aliphatic carbocycles. The minimum atomic E-state index is -0.880. The van der Waals surface area contributed by atoms with E-state index in [0.29, 0.717) is 12.6 Å². The molecule has 3 aromatic rings. The van der Waals surface area contributed by atoms with Crippen LogP contribution in [0.3, 0.4) is 0 Å². The molecule has 0 aliphatic heterocycles. The molecule has 0 spiro atoms. The van der Waals surface area contributed by atoms with Gasteiger partial charge < -0.3 is 15.1 Å². The van der Waals surface area contributed by atoms with Crippen LogP contribution in [0.1, 0.15) is 48.1 Å². The fourth-order valence-corrected chi connectivity index (χ4v) is 5.49. The first-order valence-electron chi connectivity index (χ1n) is 12.4. The van der Waals surface area contributed by atoms with E-state index >= 15 is 0 Å². The fourth-order valence-electron chi connectivity index (χ4n) is 4.56. The second kappa shape index (κ2) is 12.3. The van der Waals surface area contributed by atoms with Crippen molar-refractivity contribution in [3.63, 3.8) is 0 Å². The number of anilines is 1. The van der Waals surface area contributed by atoms with E-state index < -0.39 is 17.7 Å². The Morgan fingerprint density at radius 3 is 2.30 bits per heavy atom. The summed E-state index contributed by atoms with van der Waals surface area (Å²) in [7, 11) is 0. The van der Waals surface area contributed by atoms with Crippen molar-refractivity contribution in [3.8, 4) is 0 Å². The summed E-state index contributed by atoms with van der Waals surface area (Å²) in [6, 6.07) is 10.2. The topological polar surface area (TPSA) is 52.7 Å². The highest BCUT2D eigenvalue weighted by atomic mass is 32.1. The van der Waals surface area contributed by atoms with Crippen molar-refractivity contribution in [2.24, 2.45) is 0 Å². The molecular formula is C28H30F3N3O2S. The van der Waals surface area contributed by atoms with Crippen LogP contribution in [0.15, 0.2) is 53.9 Å². The van der Waals surface area contributed by atoms with E-state index in [0.717, 1.165) is 54.2 Å². The van der Waals surface area contributed by atoms with Crippen molar-refractivity contribution in [2.45, 2.75) is 58.2 Å². The first-order valence-corrected chi connectivity index (χ1v) is 13.3. The highest BCUT2D eigenvalue weighted by molar-refractivity contribution is 7.10. The number of halogens is 3. The number of amides is 3. The highest BCUT2D eigenvalue weighted by Crippen LogP contribution is 2.25. The maximum absolute atomic E-state index is 14.3. The van der Waals surface area contributed by atoms with E-state index in [1.54, 1.807) is 28.4 Å². The number of carbonyl (C=O) groups is 2. The van der Waals surface area contributed by atoms with Crippen LogP contribution in [0, 0.1) is 24.4 Å². The van der Waals surface area contributed by atoms with E-state index in [1.165, 1.54) is 23.1 Å². The van der Waals surface area contributed by atoms with Crippen LogP contribution in [0.4, 0.5) is 23.7 Å².